The Morgan fingerprint density at radius 1 is 1.58 bits per heavy atom. The zero-order chi connectivity index (χ0) is 9.40. The molecule has 0 heterocycles. The van der Waals surface area contributed by atoms with E-state index in [1.54, 1.807) is 6.08 Å². The zero-order valence-corrected chi connectivity index (χ0v) is 7.16. The molecule has 4 nitrogen and oxygen atoms in total. The van der Waals surface area contributed by atoms with Crippen LogP contribution in [0.2, 0.25) is 0 Å². The minimum atomic E-state index is -0.204. The van der Waals surface area contributed by atoms with Crippen LogP contribution in [0.3, 0.4) is 0 Å². The molecular formula is C8H13NO3. The molecule has 0 saturated carbocycles. The largest absolute Gasteiger partial charge is 0.375 e. The highest BCUT2D eigenvalue weighted by Crippen LogP contribution is 1.89. The van der Waals surface area contributed by atoms with Gasteiger partial charge in [-0.2, -0.15) is 0 Å². The first-order chi connectivity index (χ1) is 5.76. The molecule has 4 heteroatoms. The lowest BCUT2D eigenvalue weighted by molar-refractivity contribution is -0.136. The Balaban J connectivity index is 3.97. The van der Waals surface area contributed by atoms with Crippen LogP contribution in [0.5, 0.6) is 0 Å². The van der Waals surface area contributed by atoms with Crippen LogP contribution in [0.1, 0.15) is 0 Å². The number of carbonyl (C=O) groups is 2. The number of hydrogen-bond donors (Lipinski definition) is 0. The summed E-state index contributed by atoms with van der Waals surface area (Å²) in [7, 11) is 1.44. The van der Waals surface area contributed by atoms with Crippen molar-refractivity contribution in [2.24, 2.45) is 0 Å². The first-order valence-corrected chi connectivity index (χ1v) is 3.57. The number of aldehydes is 1. The average molecular weight is 171 g/mol. The Morgan fingerprint density at radius 2 is 2.25 bits per heavy atom. The molecule has 0 unspecified atom stereocenters. The van der Waals surface area contributed by atoms with Crippen molar-refractivity contribution in [3.8, 4) is 0 Å². The predicted octanol–water partition coefficient (Wildman–Crippen LogP) is -0.154. The van der Waals surface area contributed by atoms with E-state index in [9.17, 15) is 9.59 Å². The molecule has 12 heavy (non-hydrogen) atoms. The molecule has 0 aliphatic carbocycles. The third-order valence-electron chi connectivity index (χ3n) is 1.26. The lowest BCUT2D eigenvalue weighted by Gasteiger charge is -2.17. The van der Waals surface area contributed by atoms with Gasteiger partial charge in [0.25, 0.3) is 0 Å². The van der Waals surface area contributed by atoms with Crippen molar-refractivity contribution in [1.29, 1.82) is 0 Å². The van der Waals surface area contributed by atoms with Gasteiger partial charge in [0.15, 0.2) is 0 Å². The molecule has 0 aromatic rings. The van der Waals surface area contributed by atoms with E-state index in [1.165, 1.54) is 12.0 Å². The van der Waals surface area contributed by atoms with Gasteiger partial charge in [-0.05, 0) is 0 Å². The highest BCUT2D eigenvalue weighted by molar-refractivity contribution is 5.79. The van der Waals surface area contributed by atoms with Gasteiger partial charge in [0, 0.05) is 13.7 Å². The molecule has 0 aromatic carbocycles. The average Bonchev–Trinajstić information content (AvgIpc) is 2.04. The van der Waals surface area contributed by atoms with Gasteiger partial charge >= 0.3 is 0 Å². The quantitative estimate of drug-likeness (QED) is 0.412. The Hall–Kier alpha value is -1.16. The summed E-state index contributed by atoms with van der Waals surface area (Å²) >= 11 is 0. The van der Waals surface area contributed by atoms with E-state index in [4.69, 9.17) is 0 Å². The molecule has 0 atom stereocenters. The fraction of sp³-hybridized carbons (Fsp3) is 0.500. The number of hydrogen-bond acceptors (Lipinski definition) is 3. The number of carbonyl (C=O) groups excluding carboxylic acids is 2. The maximum atomic E-state index is 11.1. The minimum absolute atomic E-state index is 0.00167. The van der Waals surface area contributed by atoms with Crippen molar-refractivity contribution in [2.75, 3.05) is 26.8 Å². The van der Waals surface area contributed by atoms with Crippen LogP contribution in [0, 0.1) is 0 Å². The molecule has 0 rings (SSSR count). The van der Waals surface area contributed by atoms with Gasteiger partial charge in [-0.1, -0.05) is 6.08 Å². The topological polar surface area (TPSA) is 46.6 Å². The molecule has 0 aliphatic heterocycles. The summed E-state index contributed by atoms with van der Waals surface area (Å²) in [4.78, 5) is 22.6. The summed E-state index contributed by atoms with van der Waals surface area (Å²) in [5.41, 5.74) is 0. The summed E-state index contributed by atoms with van der Waals surface area (Å²) in [6.45, 7) is 3.94. The van der Waals surface area contributed by atoms with Gasteiger partial charge < -0.3 is 14.4 Å². The number of methoxy groups -OCH3 is 1. The summed E-state index contributed by atoms with van der Waals surface area (Å²) in [5, 5.41) is 0. The van der Waals surface area contributed by atoms with Crippen molar-refractivity contribution in [2.45, 2.75) is 0 Å². The summed E-state index contributed by atoms with van der Waals surface area (Å²) in [5.74, 6) is -0.204. The Morgan fingerprint density at radius 3 is 2.67 bits per heavy atom. The highest BCUT2D eigenvalue weighted by atomic mass is 16.5. The second kappa shape index (κ2) is 6.54. The van der Waals surface area contributed by atoms with E-state index in [2.05, 4.69) is 11.3 Å². The van der Waals surface area contributed by atoms with E-state index >= 15 is 0 Å². The fourth-order valence-electron chi connectivity index (χ4n) is 0.739. The number of ether oxygens (including phenoxy) is 1. The summed E-state index contributed by atoms with van der Waals surface area (Å²) < 4.78 is 4.64. The van der Waals surface area contributed by atoms with Crippen molar-refractivity contribution < 1.29 is 14.3 Å². The second-order valence-electron chi connectivity index (χ2n) is 2.19. The molecule has 0 bridgehead atoms. The molecule has 0 aromatic heterocycles. The molecule has 0 N–H and O–H groups in total. The van der Waals surface area contributed by atoms with Crippen LogP contribution < -0.4 is 0 Å². The molecule has 0 aliphatic rings. The number of rotatable bonds is 6. The van der Waals surface area contributed by atoms with Gasteiger partial charge in [-0.3, -0.25) is 4.79 Å². The van der Waals surface area contributed by atoms with Crippen LogP contribution in [0.25, 0.3) is 0 Å². The van der Waals surface area contributed by atoms with Crippen LogP contribution in [0.15, 0.2) is 12.7 Å². The monoisotopic (exact) mass is 171 g/mol. The Kier molecular flexibility index (Phi) is 5.91. The standard InChI is InChI=1S/C8H13NO3/c1-3-4-9(5-6-10)8(11)7-12-2/h3,6H,1,4-5,7H2,2H3. The van der Waals surface area contributed by atoms with Crippen LogP contribution >= 0.6 is 0 Å². The minimum Gasteiger partial charge on any atom is -0.375 e. The third kappa shape index (κ3) is 3.88. The van der Waals surface area contributed by atoms with E-state index in [-0.39, 0.29) is 19.1 Å². The first-order valence-electron chi connectivity index (χ1n) is 3.57. The molecule has 0 fully saturated rings. The molecule has 1 amide bonds. The van der Waals surface area contributed by atoms with Crippen LogP contribution in [0.4, 0.5) is 0 Å². The maximum absolute atomic E-state index is 11.1. The fourth-order valence-corrected chi connectivity index (χ4v) is 0.739. The Labute approximate surface area is 71.8 Å². The first kappa shape index (κ1) is 10.8. The number of nitrogens with zero attached hydrogens (tertiary/aromatic N) is 1. The zero-order valence-electron chi connectivity index (χ0n) is 7.16. The lowest BCUT2D eigenvalue weighted by Crippen LogP contribution is -2.35. The molecule has 0 radical (unpaired) electrons. The van der Waals surface area contributed by atoms with E-state index in [0.717, 1.165) is 0 Å². The summed E-state index contributed by atoms with van der Waals surface area (Å²) in [6.07, 6.45) is 2.24. The SMILES string of the molecule is C=CCN(CC=O)C(=O)COC. The van der Waals surface area contributed by atoms with Crippen molar-refractivity contribution in [3.05, 3.63) is 12.7 Å². The van der Waals surface area contributed by atoms with Gasteiger partial charge in [0.05, 0.1) is 6.54 Å². The molecule has 68 valence electrons. The van der Waals surface area contributed by atoms with Crippen molar-refractivity contribution in [1.82, 2.24) is 4.90 Å². The highest BCUT2D eigenvalue weighted by Gasteiger charge is 2.09. The third-order valence-corrected chi connectivity index (χ3v) is 1.26. The van der Waals surface area contributed by atoms with Crippen LogP contribution in [-0.4, -0.2) is 43.9 Å². The van der Waals surface area contributed by atoms with Gasteiger partial charge in [0.1, 0.15) is 12.9 Å². The number of amides is 1. The van der Waals surface area contributed by atoms with Crippen molar-refractivity contribution in [3.63, 3.8) is 0 Å². The van der Waals surface area contributed by atoms with Crippen molar-refractivity contribution >= 4 is 12.2 Å². The van der Waals surface area contributed by atoms with E-state index in [0.29, 0.717) is 12.8 Å². The maximum Gasteiger partial charge on any atom is 0.249 e. The van der Waals surface area contributed by atoms with E-state index < -0.39 is 0 Å². The lowest BCUT2D eigenvalue weighted by atomic mass is 10.4. The van der Waals surface area contributed by atoms with Gasteiger partial charge in [-0.15, -0.1) is 6.58 Å². The molecule has 0 saturated heterocycles. The summed E-state index contributed by atoms with van der Waals surface area (Å²) in [6, 6.07) is 0. The smallest absolute Gasteiger partial charge is 0.249 e. The van der Waals surface area contributed by atoms with Gasteiger partial charge in [0.2, 0.25) is 5.91 Å². The molecule has 0 spiro atoms. The normalized spacial score (nSPS) is 9.08. The molecular weight excluding hydrogens is 158 g/mol. The van der Waals surface area contributed by atoms with Crippen LogP contribution in [-0.2, 0) is 14.3 Å². The van der Waals surface area contributed by atoms with E-state index in [1.807, 2.05) is 0 Å². The Bertz CT molecular complexity index is 158. The van der Waals surface area contributed by atoms with Gasteiger partial charge in [-0.25, -0.2) is 0 Å². The predicted molar refractivity (Wildman–Crippen MR) is 44.7 cm³/mol. The second-order valence-corrected chi connectivity index (χ2v) is 2.19.